The van der Waals surface area contributed by atoms with Crippen LogP contribution in [0.15, 0.2) is 48.8 Å². The van der Waals surface area contributed by atoms with E-state index in [1.807, 2.05) is 24.3 Å². The second-order valence-corrected chi connectivity index (χ2v) is 6.51. The second-order valence-electron chi connectivity index (χ2n) is 6.51. The number of anilines is 1. The van der Waals surface area contributed by atoms with E-state index >= 15 is 0 Å². The standard InChI is InChI=1S/C20H26N4O/c25-20(22-16-18-8-11-21-12-9-18)23-19-6-4-17(5-7-19)10-15-24-13-2-1-3-14-24/h4-9,11-12H,1-3,10,13-16H2,(H2,22,23,25). The summed E-state index contributed by atoms with van der Waals surface area (Å²) in [4.78, 5) is 18.5. The van der Waals surface area contributed by atoms with Crippen LogP contribution >= 0.6 is 0 Å². The number of likely N-dealkylation sites (tertiary alicyclic amines) is 1. The lowest BCUT2D eigenvalue weighted by atomic mass is 10.1. The number of urea groups is 1. The van der Waals surface area contributed by atoms with Crippen LogP contribution in [0.2, 0.25) is 0 Å². The molecule has 1 aromatic heterocycles. The van der Waals surface area contributed by atoms with E-state index in [1.54, 1.807) is 12.4 Å². The van der Waals surface area contributed by atoms with Crippen LogP contribution in [-0.2, 0) is 13.0 Å². The lowest BCUT2D eigenvalue weighted by Gasteiger charge is -2.26. The molecule has 1 aliphatic rings. The highest BCUT2D eigenvalue weighted by Gasteiger charge is 2.09. The van der Waals surface area contributed by atoms with Crippen molar-refractivity contribution in [2.45, 2.75) is 32.2 Å². The molecule has 3 rings (SSSR count). The third-order valence-corrected chi connectivity index (χ3v) is 4.58. The number of hydrogen-bond acceptors (Lipinski definition) is 3. The van der Waals surface area contributed by atoms with Crippen LogP contribution in [0, 0.1) is 0 Å². The highest BCUT2D eigenvalue weighted by molar-refractivity contribution is 5.89. The van der Waals surface area contributed by atoms with E-state index in [-0.39, 0.29) is 6.03 Å². The van der Waals surface area contributed by atoms with E-state index in [2.05, 4.69) is 32.7 Å². The lowest BCUT2D eigenvalue weighted by Crippen LogP contribution is -2.31. The van der Waals surface area contributed by atoms with Gasteiger partial charge in [0.15, 0.2) is 0 Å². The van der Waals surface area contributed by atoms with Gasteiger partial charge in [0.2, 0.25) is 0 Å². The number of nitrogens with zero attached hydrogens (tertiary/aromatic N) is 2. The quantitative estimate of drug-likeness (QED) is 0.848. The van der Waals surface area contributed by atoms with E-state index in [4.69, 9.17) is 0 Å². The van der Waals surface area contributed by atoms with Crippen LogP contribution < -0.4 is 10.6 Å². The Bertz CT molecular complexity index is 651. The van der Waals surface area contributed by atoms with E-state index in [0.717, 1.165) is 24.2 Å². The van der Waals surface area contributed by atoms with Gasteiger partial charge in [-0.25, -0.2) is 4.79 Å². The first-order valence-corrected chi connectivity index (χ1v) is 9.05. The number of pyridine rings is 1. The lowest BCUT2D eigenvalue weighted by molar-refractivity contribution is 0.231. The van der Waals surface area contributed by atoms with Gasteiger partial charge in [0.05, 0.1) is 0 Å². The van der Waals surface area contributed by atoms with Gasteiger partial charge in [-0.2, -0.15) is 0 Å². The van der Waals surface area contributed by atoms with E-state index < -0.39 is 0 Å². The molecular formula is C20H26N4O. The van der Waals surface area contributed by atoms with Gasteiger partial charge in [-0.05, 0) is 67.7 Å². The number of benzene rings is 1. The zero-order valence-electron chi connectivity index (χ0n) is 14.6. The Morgan fingerprint density at radius 1 is 0.960 bits per heavy atom. The molecule has 0 atom stereocenters. The highest BCUT2D eigenvalue weighted by Crippen LogP contribution is 2.13. The molecule has 1 aromatic carbocycles. The fourth-order valence-corrected chi connectivity index (χ4v) is 3.08. The molecule has 0 aliphatic carbocycles. The minimum Gasteiger partial charge on any atom is -0.334 e. The first kappa shape index (κ1) is 17.4. The van der Waals surface area contributed by atoms with Gasteiger partial charge in [0, 0.05) is 31.2 Å². The van der Waals surface area contributed by atoms with Crippen molar-refractivity contribution >= 4 is 11.7 Å². The predicted molar refractivity (Wildman–Crippen MR) is 101 cm³/mol. The number of carbonyl (C=O) groups is 1. The summed E-state index contributed by atoms with van der Waals surface area (Å²) in [7, 11) is 0. The smallest absolute Gasteiger partial charge is 0.319 e. The molecule has 2 heterocycles. The molecule has 5 nitrogen and oxygen atoms in total. The molecule has 5 heteroatoms. The first-order chi connectivity index (χ1) is 12.3. The summed E-state index contributed by atoms with van der Waals surface area (Å²) in [5.74, 6) is 0. The summed E-state index contributed by atoms with van der Waals surface area (Å²) in [5.41, 5.74) is 3.15. The number of amides is 2. The fourth-order valence-electron chi connectivity index (χ4n) is 3.08. The second kappa shape index (κ2) is 9.18. The SMILES string of the molecule is O=C(NCc1ccncc1)Nc1ccc(CCN2CCCCC2)cc1. The van der Waals surface area contributed by atoms with Crippen molar-refractivity contribution < 1.29 is 4.79 Å². The average molecular weight is 338 g/mol. The minimum atomic E-state index is -0.196. The van der Waals surface area contributed by atoms with Gasteiger partial charge >= 0.3 is 6.03 Å². The van der Waals surface area contributed by atoms with Crippen LogP contribution in [-0.4, -0.2) is 35.5 Å². The summed E-state index contributed by atoms with van der Waals surface area (Å²) in [6, 6.07) is 11.7. The third kappa shape index (κ3) is 5.87. The Balaban J connectivity index is 1.41. The van der Waals surface area contributed by atoms with Crippen molar-refractivity contribution in [3.63, 3.8) is 0 Å². The molecule has 0 saturated carbocycles. The van der Waals surface area contributed by atoms with E-state index in [9.17, 15) is 4.79 Å². The minimum absolute atomic E-state index is 0.196. The number of aromatic nitrogens is 1. The van der Waals surface area contributed by atoms with Crippen LogP contribution in [0.5, 0.6) is 0 Å². The van der Waals surface area contributed by atoms with Gasteiger partial charge in [0.25, 0.3) is 0 Å². The van der Waals surface area contributed by atoms with Gasteiger partial charge in [-0.1, -0.05) is 18.6 Å². The topological polar surface area (TPSA) is 57.3 Å². The fraction of sp³-hybridized carbons (Fsp3) is 0.400. The van der Waals surface area contributed by atoms with Crippen LogP contribution in [0.25, 0.3) is 0 Å². The van der Waals surface area contributed by atoms with Crippen molar-refractivity contribution in [1.29, 1.82) is 0 Å². The summed E-state index contributed by atoms with van der Waals surface area (Å²) in [5, 5.41) is 5.71. The van der Waals surface area contributed by atoms with E-state index in [1.165, 1.54) is 37.9 Å². The van der Waals surface area contributed by atoms with Crippen molar-refractivity contribution in [2.24, 2.45) is 0 Å². The molecule has 25 heavy (non-hydrogen) atoms. The molecule has 2 aromatic rings. The number of hydrogen-bond donors (Lipinski definition) is 2. The Morgan fingerprint density at radius 2 is 1.68 bits per heavy atom. The zero-order chi connectivity index (χ0) is 17.3. The summed E-state index contributed by atoms with van der Waals surface area (Å²) in [6.07, 6.45) is 8.54. The first-order valence-electron chi connectivity index (χ1n) is 9.05. The molecule has 0 unspecified atom stereocenters. The average Bonchev–Trinajstić information content (AvgIpc) is 2.67. The zero-order valence-corrected chi connectivity index (χ0v) is 14.6. The molecule has 2 N–H and O–H groups in total. The van der Waals surface area contributed by atoms with Gasteiger partial charge in [-0.15, -0.1) is 0 Å². The molecule has 0 bridgehead atoms. The Morgan fingerprint density at radius 3 is 2.40 bits per heavy atom. The maximum atomic E-state index is 12.0. The van der Waals surface area contributed by atoms with Gasteiger partial charge in [-0.3, -0.25) is 4.98 Å². The number of piperidine rings is 1. The molecule has 132 valence electrons. The molecule has 2 amide bonds. The van der Waals surface area contributed by atoms with Crippen molar-refractivity contribution in [1.82, 2.24) is 15.2 Å². The van der Waals surface area contributed by atoms with Crippen molar-refractivity contribution in [2.75, 3.05) is 25.0 Å². The number of nitrogens with one attached hydrogen (secondary N) is 2. The molecule has 1 saturated heterocycles. The van der Waals surface area contributed by atoms with Crippen molar-refractivity contribution in [3.05, 3.63) is 59.9 Å². The number of rotatable bonds is 6. The van der Waals surface area contributed by atoms with Crippen LogP contribution in [0.3, 0.4) is 0 Å². The van der Waals surface area contributed by atoms with Crippen LogP contribution in [0.1, 0.15) is 30.4 Å². The summed E-state index contributed by atoms with van der Waals surface area (Å²) >= 11 is 0. The van der Waals surface area contributed by atoms with Crippen molar-refractivity contribution in [3.8, 4) is 0 Å². The Hall–Kier alpha value is -2.40. The molecule has 0 radical (unpaired) electrons. The van der Waals surface area contributed by atoms with Gasteiger partial charge in [0.1, 0.15) is 0 Å². The molecular weight excluding hydrogens is 312 g/mol. The monoisotopic (exact) mass is 338 g/mol. The largest absolute Gasteiger partial charge is 0.334 e. The molecule has 0 spiro atoms. The molecule has 1 fully saturated rings. The normalized spacial score (nSPS) is 14.9. The summed E-state index contributed by atoms with van der Waals surface area (Å²) < 4.78 is 0. The maximum Gasteiger partial charge on any atom is 0.319 e. The third-order valence-electron chi connectivity index (χ3n) is 4.58. The van der Waals surface area contributed by atoms with E-state index in [0.29, 0.717) is 6.54 Å². The molecule has 1 aliphatic heterocycles. The number of carbonyl (C=O) groups excluding carboxylic acids is 1. The Kier molecular flexibility index (Phi) is 6.40. The van der Waals surface area contributed by atoms with Gasteiger partial charge < -0.3 is 15.5 Å². The summed E-state index contributed by atoms with van der Waals surface area (Å²) in [6.45, 7) is 4.08. The predicted octanol–water partition coefficient (Wildman–Crippen LogP) is 3.43. The Labute approximate surface area is 149 Å². The highest BCUT2D eigenvalue weighted by atomic mass is 16.2. The van der Waals surface area contributed by atoms with Crippen LogP contribution in [0.4, 0.5) is 10.5 Å². The maximum absolute atomic E-state index is 12.0.